The van der Waals surface area contributed by atoms with Crippen LogP contribution in [0.3, 0.4) is 0 Å². The second-order valence-corrected chi connectivity index (χ2v) is 8.80. The van der Waals surface area contributed by atoms with Gasteiger partial charge in [0.2, 0.25) is 0 Å². The molecule has 162 valence electrons. The molecule has 0 aliphatic carbocycles. The molecular weight excluding hydrogens is 418 g/mol. The largest absolute Gasteiger partial charge is 0.482 e. The average Bonchev–Trinajstić information content (AvgIpc) is 2.77. The third-order valence-electron chi connectivity index (χ3n) is 4.47. The molecule has 0 fully saturated rings. The van der Waals surface area contributed by atoms with Gasteiger partial charge in [-0.15, -0.1) is 0 Å². The summed E-state index contributed by atoms with van der Waals surface area (Å²) in [5.74, 6) is -0.861. The van der Waals surface area contributed by atoms with E-state index in [0.717, 1.165) is 11.3 Å². The topological polar surface area (TPSA) is 100 Å². The summed E-state index contributed by atoms with van der Waals surface area (Å²) < 4.78 is 33.3. The first-order chi connectivity index (χ1) is 14.8. The molecule has 0 spiro atoms. The van der Waals surface area contributed by atoms with E-state index in [0.29, 0.717) is 5.69 Å². The summed E-state index contributed by atoms with van der Waals surface area (Å²) in [5.41, 5.74) is 2.13. The number of aliphatic carboxylic acids is 1. The van der Waals surface area contributed by atoms with E-state index in [-0.39, 0.29) is 17.2 Å². The maximum Gasteiger partial charge on any atom is 0.341 e. The van der Waals surface area contributed by atoms with Crippen LogP contribution in [-0.4, -0.2) is 45.2 Å². The van der Waals surface area contributed by atoms with Gasteiger partial charge in [-0.2, -0.15) is 0 Å². The molecule has 9 heteroatoms. The van der Waals surface area contributed by atoms with Gasteiger partial charge in [0.15, 0.2) is 6.61 Å². The van der Waals surface area contributed by atoms with Crippen molar-refractivity contribution in [3.8, 4) is 5.75 Å². The van der Waals surface area contributed by atoms with Gasteiger partial charge in [0, 0.05) is 38.2 Å². The van der Waals surface area contributed by atoms with Crippen LogP contribution in [0.4, 0.5) is 11.4 Å². The van der Waals surface area contributed by atoms with Gasteiger partial charge in [-0.1, -0.05) is 18.2 Å². The zero-order valence-electron chi connectivity index (χ0n) is 17.2. The van der Waals surface area contributed by atoms with Crippen molar-refractivity contribution in [3.05, 3.63) is 78.6 Å². The van der Waals surface area contributed by atoms with Gasteiger partial charge in [-0.25, -0.2) is 13.2 Å². The van der Waals surface area contributed by atoms with E-state index < -0.39 is 22.6 Å². The molecule has 0 bridgehead atoms. The number of hydrogen-bond donors (Lipinski definition) is 1. The number of hydrogen-bond acceptors (Lipinski definition) is 6. The van der Waals surface area contributed by atoms with Crippen LogP contribution in [0.15, 0.2) is 78.0 Å². The highest BCUT2D eigenvalue weighted by Gasteiger charge is 2.26. The lowest BCUT2D eigenvalue weighted by atomic mass is 10.2. The van der Waals surface area contributed by atoms with Crippen LogP contribution >= 0.6 is 0 Å². The smallest absolute Gasteiger partial charge is 0.341 e. The van der Waals surface area contributed by atoms with Crippen molar-refractivity contribution >= 4 is 27.4 Å². The van der Waals surface area contributed by atoms with E-state index in [2.05, 4.69) is 4.98 Å². The molecule has 1 aromatic heterocycles. The number of carboxylic acid groups (broad SMARTS) is 1. The lowest BCUT2D eigenvalue weighted by Crippen LogP contribution is -2.30. The Kier molecular flexibility index (Phi) is 6.76. The number of sulfonamides is 1. The molecule has 0 amide bonds. The Labute approximate surface area is 181 Å². The van der Waals surface area contributed by atoms with E-state index in [9.17, 15) is 13.2 Å². The normalized spacial score (nSPS) is 11.0. The molecule has 1 heterocycles. The molecule has 8 nitrogen and oxygen atoms in total. The van der Waals surface area contributed by atoms with Gasteiger partial charge < -0.3 is 14.7 Å². The SMILES string of the molecule is CN(C)c1ccc(CN(c2cccc(OCC(=O)O)c2)S(=O)(=O)c2cccnc2)cc1. The van der Waals surface area contributed by atoms with Gasteiger partial charge in [0.25, 0.3) is 10.0 Å². The highest BCUT2D eigenvalue weighted by atomic mass is 32.2. The molecule has 3 rings (SSSR count). The lowest BCUT2D eigenvalue weighted by molar-refractivity contribution is -0.139. The molecule has 2 aromatic carbocycles. The number of nitrogens with zero attached hydrogens (tertiary/aromatic N) is 3. The van der Waals surface area contributed by atoms with Crippen molar-refractivity contribution in [1.82, 2.24) is 4.98 Å². The molecule has 0 radical (unpaired) electrons. The summed E-state index contributed by atoms with van der Waals surface area (Å²) in [6.45, 7) is -0.446. The standard InChI is InChI=1S/C22H23N3O5S/c1-24(2)18-10-8-17(9-11-18)15-25(31(28,29)21-7-4-12-23-14-21)19-5-3-6-20(13-19)30-16-22(26)27/h3-14H,15-16H2,1-2H3,(H,26,27). The number of carbonyl (C=O) groups is 1. The number of anilines is 2. The fourth-order valence-corrected chi connectivity index (χ4v) is 4.29. The van der Waals surface area contributed by atoms with Crippen LogP contribution in [0, 0.1) is 0 Å². The summed E-state index contributed by atoms with van der Waals surface area (Å²) in [6, 6.07) is 16.9. The molecule has 0 saturated heterocycles. The average molecular weight is 442 g/mol. The summed E-state index contributed by atoms with van der Waals surface area (Å²) in [7, 11) is -0.0835. The van der Waals surface area contributed by atoms with Crippen LogP contribution in [0.5, 0.6) is 5.75 Å². The van der Waals surface area contributed by atoms with Crippen molar-refractivity contribution in [2.24, 2.45) is 0 Å². The minimum Gasteiger partial charge on any atom is -0.482 e. The second-order valence-electron chi connectivity index (χ2n) is 6.94. The van der Waals surface area contributed by atoms with E-state index in [4.69, 9.17) is 9.84 Å². The van der Waals surface area contributed by atoms with Crippen molar-refractivity contribution in [3.63, 3.8) is 0 Å². The number of rotatable bonds is 9. The third-order valence-corrected chi connectivity index (χ3v) is 6.23. The molecule has 31 heavy (non-hydrogen) atoms. The Bertz CT molecular complexity index is 1130. The van der Waals surface area contributed by atoms with E-state index in [1.807, 2.05) is 43.3 Å². The monoisotopic (exact) mass is 441 g/mol. The first kappa shape index (κ1) is 22.1. The predicted molar refractivity (Wildman–Crippen MR) is 118 cm³/mol. The zero-order valence-corrected chi connectivity index (χ0v) is 18.0. The second kappa shape index (κ2) is 9.48. The highest BCUT2D eigenvalue weighted by Crippen LogP contribution is 2.29. The third kappa shape index (κ3) is 5.52. The Balaban J connectivity index is 2.00. The Hall–Kier alpha value is -3.59. The molecule has 3 aromatic rings. The maximum atomic E-state index is 13.4. The number of aromatic nitrogens is 1. The van der Waals surface area contributed by atoms with Gasteiger partial charge >= 0.3 is 5.97 Å². The van der Waals surface area contributed by atoms with Crippen molar-refractivity contribution in [2.45, 2.75) is 11.4 Å². The van der Waals surface area contributed by atoms with Gasteiger partial charge in [0.05, 0.1) is 12.2 Å². The number of pyridine rings is 1. The fourth-order valence-electron chi connectivity index (χ4n) is 2.88. The number of carboxylic acids is 1. The van der Waals surface area contributed by atoms with E-state index in [1.54, 1.807) is 24.3 Å². The molecule has 1 N–H and O–H groups in total. The van der Waals surface area contributed by atoms with Crippen LogP contribution in [0.1, 0.15) is 5.56 Å². The summed E-state index contributed by atoms with van der Waals surface area (Å²) in [5, 5.41) is 8.85. The zero-order chi connectivity index (χ0) is 22.4. The lowest BCUT2D eigenvalue weighted by Gasteiger charge is -2.25. The quantitative estimate of drug-likeness (QED) is 0.545. The predicted octanol–water partition coefficient (Wildman–Crippen LogP) is 3.01. The molecule has 0 aliphatic rings. The Morgan fingerprint density at radius 3 is 2.39 bits per heavy atom. The molecular formula is C22H23N3O5S. The minimum absolute atomic E-state index is 0.0526. The van der Waals surface area contributed by atoms with Crippen LogP contribution in [-0.2, 0) is 21.4 Å². The first-order valence-electron chi connectivity index (χ1n) is 9.41. The van der Waals surface area contributed by atoms with Crippen LogP contribution in [0.2, 0.25) is 0 Å². The maximum absolute atomic E-state index is 13.4. The van der Waals surface area contributed by atoms with E-state index in [1.165, 1.54) is 28.8 Å². The van der Waals surface area contributed by atoms with E-state index >= 15 is 0 Å². The van der Waals surface area contributed by atoms with Gasteiger partial charge in [0.1, 0.15) is 10.6 Å². The molecule has 0 aliphatic heterocycles. The summed E-state index contributed by atoms with van der Waals surface area (Å²) in [4.78, 5) is 16.7. The van der Waals surface area contributed by atoms with Crippen LogP contribution < -0.4 is 13.9 Å². The van der Waals surface area contributed by atoms with Gasteiger partial charge in [-0.3, -0.25) is 9.29 Å². The molecule has 0 atom stereocenters. The van der Waals surface area contributed by atoms with Gasteiger partial charge in [-0.05, 0) is 42.0 Å². The first-order valence-corrected chi connectivity index (χ1v) is 10.8. The summed E-state index contributed by atoms with van der Waals surface area (Å²) >= 11 is 0. The van der Waals surface area contributed by atoms with Crippen molar-refractivity contribution in [1.29, 1.82) is 0 Å². The van der Waals surface area contributed by atoms with Crippen molar-refractivity contribution < 1.29 is 23.1 Å². The Morgan fingerprint density at radius 2 is 1.77 bits per heavy atom. The fraction of sp³-hybridized carbons (Fsp3) is 0.182. The number of benzene rings is 2. The van der Waals surface area contributed by atoms with Crippen molar-refractivity contribution in [2.75, 3.05) is 29.9 Å². The Morgan fingerprint density at radius 1 is 1.03 bits per heavy atom. The number of ether oxygens (including phenoxy) is 1. The molecule has 0 unspecified atom stereocenters. The highest BCUT2D eigenvalue weighted by molar-refractivity contribution is 7.92. The summed E-state index contributed by atoms with van der Waals surface area (Å²) in [6.07, 6.45) is 2.80. The minimum atomic E-state index is -3.94. The van der Waals surface area contributed by atoms with Crippen LogP contribution in [0.25, 0.3) is 0 Å². The molecule has 0 saturated carbocycles.